The number of benzene rings is 2. The summed E-state index contributed by atoms with van der Waals surface area (Å²) in [6.07, 6.45) is 0. The Morgan fingerprint density at radius 2 is 1.24 bits per heavy atom. The van der Waals surface area contributed by atoms with Gasteiger partial charge in [0.05, 0.1) is 5.56 Å². The molecule has 2 aromatic carbocycles. The van der Waals surface area contributed by atoms with E-state index in [9.17, 15) is 14.7 Å². The van der Waals surface area contributed by atoms with Gasteiger partial charge in [0, 0.05) is 11.1 Å². The van der Waals surface area contributed by atoms with E-state index in [0.717, 1.165) is 0 Å². The lowest BCUT2D eigenvalue weighted by Crippen LogP contribution is -2.08. The molecule has 0 aromatic heterocycles. The highest BCUT2D eigenvalue weighted by atomic mass is 16.4. The molecule has 0 bridgehead atoms. The fourth-order valence-corrected chi connectivity index (χ4v) is 1.60. The minimum Gasteiger partial charge on any atom is -0.289 e. The molecule has 0 fully saturated rings. The van der Waals surface area contributed by atoms with Crippen molar-refractivity contribution in [2.45, 2.75) is 0 Å². The van der Waals surface area contributed by atoms with E-state index in [1.807, 2.05) is 0 Å². The third-order valence-electron chi connectivity index (χ3n) is 2.43. The van der Waals surface area contributed by atoms with Gasteiger partial charge in [0.1, 0.15) is 0 Å². The first-order valence-corrected chi connectivity index (χ1v) is 5.10. The lowest BCUT2D eigenvalue weighted by molar-refractivity contribution is 0.0570. The van der Waals surface area contributed by atoms with E-state index in [1.165, 1.54) is 12.1 Å². The molecule has 0 heterocycles. The molecular weight excluding hydrogens is 216 g/mol. The first-order chi connectivity index (χ1) is 8.20. The maximum atomic E-state index is 12.1. The molecule has 0 aliphatic heterocycles. The van der Waals surface area contributed by atoms with Crippen molar-refractivity contribution in [2.75, 3.05) is 0 Å². The minimum atomic E-state index is -1.34. The molecule has 1 radical (unpaired) electrons. The summed E-state index contributed by atoms with van der Waals surface area (Å²) in [5.74, 6) is -1.66. The molecule has 3 nitrogen and oxygen atoms in total. The first kappa shape index (κ1) is 11.1. The predicted molar refractivity (Wildman–Crippen MR) is 61.3 cm³/mol. The van der Waals surface area contributed by atoms with Gasteiger partial charge in [0.2, 0.25) is 0 Å². The maximum Gasteiger partial charge on any atom is 0.387 e. The SMILES string of the molecule is [O]C(=O)c1ccccc1C(=O)c1ccccc1. The van der Waals surface area contributed by atoms with Crippen LogP contribution in [0.5, 0.6) is 0 Å². The molecule has 0 N–H and O–H groups in total. The number of rotatable bonds is 3. The van der Waals surface area contributed by atoms with Crippen LogP contribution in [0, 0.1) is 0 Å². The lowest BCUT2D eigenvalue weighted by Gasteiger charge is -2.03. The third-order valence-corrected chi connectivity index (χ3v) is 2.43. The van der Waals surface area contributed by atoms with Gasteiger partial charge in [-0.15, -0.1) is 0 Å². The Hall–Kier alpha value is -2.42. The highest BCUT2D eigenvalue weighted by molar-refractivity contribution is 6.14. The molecule has 0 amide bonds. The normalized spacial score (nSPS) is 9.88. The summed E-state index contributed by atoms with van der Waals surface area (Å²) in [7, 11) is 0. The van der Waals surface area contributed by atoms with E-state index in [1.54, 1.807) is 42.5 Å². The van der Waals surface area contributed by atoms with E-state index in [-0.39, 0.29) is 16.9 Å². The highest BCUT2D eigenvalue weighted by Gasteiger charge is 2.17. The van der Waals surface area contributed by atoms with Crippen molar-refractivity contribution in [1.82, 2.24) is 0 Å². The molecule has 2 rings (SSSR count). The van der Waals surface area contributed by atoms with E-state index in [0.29, 0.717) is 5.56 Å². The Bertz CT molecular complexity index is 559. The van der Waals surface area contributed by atoms with E-state index < -0.39 is 5.97 Å². The van der Waals surface area contributed by atoms with Gasteiger partial charge >= 0.3 is 5.97 Å². The quantitative estimate of drug-likeness (QED) is 0.753. The molecule has 0 saturated heterocycles. The smallest absolute Gasteiger partial charge is 0.289 e. The summed E-state index contributed by atoms with van der Waals surface area (Å²) in [4.78, 5) is 23.0. The number of ketones is 1. The summed E-state index contributed by atoms with van der Waals surface area (Å²) in [5, 5.41) is 10.9. The Balaban J connectivity index is 2.48. The lowest BCUT2D eigenvalue weighted by atomic mass is 9.98. The standard InChI is InChI=1S/C14H9O3/c15-13(10-6-2-1-3-7-10)11-8-4-5-9-12(11)14(16)17/h1-9H. The topological polar surface area (TPSA) is 54.0 Å². The average Bonchev–Trinajstić information content (AvgIpc) is 2.39. The molecule has 3 heteroatoms. The second-order valence-electron chi connectivity index (χ2n) is 3.53. The van der Waals surface area contributed by atoms with Crippen LogP contribution >= 0.6 is 0 Å². The molecule has 0 aliphatic carbocycles. The van der Waals surface area contributed by atoms with E-state index in [2.05, 4.69) is 0 Å². The van der Waals surface area contributed by atoms with Crippen molar-refractivity contribution in [1.29, 1.82) is 0 Å². The van der Waals surface area contributed by atoms with Crippen LogP contribution in [-0.2, 0) is 5.11 Å². The second kappa shape index (κ2) is 4.61. The summed E-state index contributed by atoms with van der Waals surface area (Å²) in [6, 6.07) is 14.6. The average molecular weight is 225 g/mol. The zero-order valence-electron chi connectivity index (χ0n) is 8.92. The number of hydrogen-bond acceptors (Lipinski definition) is 2. The molecule has 0 atom stereocenters. The largest absolute Gasteiger partial charge is 0.387 e. The second-order valence-corrected chi connectivity index (χ2v) is 3.53. The van der Waals surface area contributed by atoms with Crippen molar-refractivity contribution < 1.29 is 14.7 Å². The van der Waals surface area contributed by atoms with Gasteiger partial charge in [-0.3, -0.25) is 4.79 Å². The number of carbonyl (C=O) groups excluding carboxylic acids is 2. The van der Waals surface area contributed by atoms with E-state index >= 15 is 0 Å². The Morgan fingerprint density at radius 3 is 1.82 bits per heavy atom. The molecule has 17 heavy (non-hydrogen) atoms. The van der Waals surface area contributed by atoms with Crippen molar-refractivity contribution >= 4 is 11.8 Å². The zero-order valence-corrected chi connectivity index (χ0v) is 8.92. The van der Waals surface area contributed by atoms with Crippen LogP contribution in [0.1, 0.15) is 26.3 Å². The Labute approximate surface area is 98.3 Å². The number of carbonyl (C=O) groups is 2. The molecule has 0 saturated carbocycles. The van der Waals surface area contributed by atoms with Crippen LogP contribution in [0.15, 0.2) is 54.6 Å². The Morgan fingerprint density at radius 1 is 0.706 bits per heavy atom. The Kier molecular flexibility index (Phi) is 3.01. The zero-order chi connectivity index (χ0) is 12.3. The molecule has 0 unspecified atom stereocenters. The van der Waals surface area contributed by atoms with Gasteiger partial charge in [-0.05, 0) is 6.07 Å². The van der Waals surface area contributed by atoms with Crippen molar-refractivity contribution in [3.8, 4) is 0 Å². The van der Waals surface area contributed by atoms with Crippen molar-refractivity contribution in [3.63, 3.8) is 0 Å². The first-order valence-electron chi connectivity index (χ1n) is 5.10. The monoisotopic (exact) mass is 225 g/mol. The van der Waals surface area contributed by atoms with E-state index in [4.69, 9.17) is 0 Å². The van der Waals surface area contributed by atoms with Crippen molar-refractivity contribution in [3.05, 3.63) is 71.3 Å². The van der Waals surface area contributed by atoms with Gasteiger partial charge in [0.25, 0.3) is 0 Å². The summed E-state index contributed by atoms with van der Waals surface area (Å²) >= 11 is 0. The third kappa shape index (κ3) is 2.23. The minimum absolute atomic E-state index is 0.0821. The summed E-state index contributed by atoms with van der Waals surface area (Å²) in [5.41, 5.74) is 0.529. The van der Waals surface area contributed by atoms with Gasteiger partial charge in [-0.1, -0.05) is 48.5 Å². The molecule has 0 spiro atoms. The molecule has 0 aliphatic rings. The van der Waals surface area contributed by atoms with Gasteiger partial charge in [0.15, 0.2) is 5.78 Å². The summed E-state index contributed by atoms with van der Waals surface area (Å²) < 4.78 is 0. The van der Waals surface area contributed by atoms with Crippen LogP contribution < -0.4 is 0 Å². The highest BCUT2D eigenvalue weighted by Crippen LogP contribution is 2.14. The summed E-state index contributed by atoms with van der Waals surface area (Å²) in [6.45, 7) is 0. The van der Waals surface area contributed by atoms with Crippen LogP contribution in [0.25, 0.3) is 0 Å². The van der Waals surface area contributed by atoms with Crippen LogP contribution in [-0.4, -0.2) is 11.8 Å². The molecular formula is C14H9O3. The fourth-order valence-electron chi connectivity index (χ4n) is 1.60. The fraction of sp³-hybridized carbons (Fsp3) is 0. The molecule has 83 valence electrons. The van der Waals surface area contributed by atoms with Crippen LogP contribution in [0.2, 0.25) is 0 Å². The van der Waals surface area contributed by atoms with Gasteiger partial charge in [-0.25, -0.2) is 9.90 Å². The van der Waals surface area contributed by atoms with Crippen molar-refractivity contribution in [2.24, 2.45) is 0 Å². The van der Waals surface area contributed by atoms with Crippen LogP contribution in [0.3, 0.4) is 0 Å². The predicted octanol–water partition coefficient (Wildman–Crippen LogP) is 2.49. The maximum absolute atomic E-state index is 12.1. The molecule has 2 aromatic rings. The van der Waals surface area contributed by atoms with Gasteiger partial charge < -0.3 is 0 Å². The van der Waals surface area contributed by atoms with Gasteiger partial charge in [-0.2, -0.15) is 0 Å². The van der Waals surface area contributed by atoms with Crippen LogP contribution in [0.4, 0.5) is 0 Å². The number of hydrogen-bond donors (Lipinski definition) is 0.